The summed E-state index contributed by atoms with van der Waals surface area (Å²) in [5.74, 6) is 5.49. The standard InChI is InChI=1S/C17H18BrFN2/c18-15-6-11(7-16(19)10-15)8-17(21-20)14-5-4-12-2-1-3-13(12)9-14/h4-7,9-10,17,21H,1-3,8,20H2. The molecule has 2 aromatic carbocycles. The molecule has 0 radical (unpaired) electrons. The molecule has 0 amide bonds. The Bertz CT molecular complexity index is 637. The molecule has 0 aromatic heterocycles. The maximum Gasteiger partial charge on any atom is 0.124 e. The van der Waals surface area contributed by atoms with Gasteiger partial charge in [0.2, 0.25) is 0 Å². The van der Waals surface area contributed by atoms with Crippen LogP contribution in [0.15, 0.2) is 40.9 Å². The van der Waals surface area contributed by atoms with Gasteiger partial charge in [-0.2, -0.15) is 0 Å². The maximum absolute atomic E-state index is 13.5. The third-order valence-corrected chi connectivity index (χ3v) is 4.55. The molecule has 2 nitrogen and oxygen atoms in total. The van der Waals surface area contributed by atoms with Crippen molar-refractivity contribution in [3.63, 3.8) is 0 Å². The zero-order chi connectivity index (χ0) is 14.8. The molecule has 0 heterocycles. The lowest BCUT2D eigenvalue weighted by atomic mass is 9.96. The summed E-state index contributed by atoms with van der Waals surface area (Å²) in [4.78, 5) is 0. The first-order valence-electron chi connectivity index (χ1n) is 7.18. The summed E-state index contributed by atoms with van der Waals surface area (Å²) in [6.45, 7) is 0. The zero-order valence-corrected chi connectivity index (χ0v) is 13.3. The fourth-order valence-electron chi connectivity index (χ4n) is 3.05. The van der Waals surface area contributed by atoms with Crippen LogP contribution in [0.3, 0.4) is 0 Å². The monoisotopic (exact) mass is 348 g/mol. The average molecular weight is 349 g/mol. The van der Waals surface area contributed by atoms with Crippen LogP contribution in [0.1, 0.15) is 34.7 Å². The van der Waals surface area contributed by atoms with Crippen molar-refractivity contribution in [3.05, 3.63) is 68.9 Å². The molecule has 1 atom stereocenters. The first-order valence-corrected chi connectivity index (χ1v) is 7.98. The highest BCUT2D eigenvalue weighted by molar-refractivity contribution is 9.10. The van der Waals surface area contributed by atoms with Crippen molar-refractivity contribution in [2.45, 2.75) is 31.7 Å². The van der Waals surface area contributed by atoms with Crippen LogP contribution in [0, 0.1) is 5.82 Å². The van der Waals surface area contributed by atoms with E-state index in [0.717, 1.165) is 16.5 Å². The van der Waals surface area contributed by atoms with Crippen molar-refractivity contribution in [2.24, 2.45) is 5.84 Å². The number of hydrogen-bond donors (Lipinski definition) is 2. The first kappa shape index (κ1) is 14.7. The van der Waals surface area contributed by atoms with E-state index in [4.69, 9.17) is 5.84 Å². The number of aryl methyl sites for hydroxylation is 2. The summed E-state index contributed by atoms with van der Waals surface area (Å²) in [6.07, 6.45) is 4.21. The molecule has 3 N–H and O–H groups in total. The molecule has 0 saturated heterocycles. The summed E-state index contributed by atoms with van der Waals surface area (Å²) < 4.78 is 14.2. The van der Waals surface area contributed by atoms with Crippen LogP contribution in [0.2, 0.25) is 0 Å². The summed E-state index contributed by atoms with van der Waals surface area (Å²) in [5, 5.41) is 0. The molecule has 0 aliphatic heterocycles. The Morgan fingerprint density at radius 1 is 1.14 bits per heavy atom. The number of hydrogen-bond acceptors (Lipinski definition) is 2. The second kappa shape index (κ2) is 6.26. The largest absolute Gasteiger partial charge is 0.271 e. The second-order valence-corrected chi connectivity index (χ2v) is 6.50. The smallest absolute Gasteiger partial charge is 0.124 e. The van der Waals surface area contributed by atoms with Gasteiger partial charge in [0.15, 0.2) is 0 Å². The molecule has 21 heavy (non-hydrogen) atoms. The fraction of sp³-hybridized carbons (Fsp3) is 0.294. The van der Waals surface area contributed by atoms with Crippen LogP contribution >= 0.6 is 15.9 Å². The Labute approximate surface area is 132 Å². The van der Waals surface area contributed by atoms with Crippen LogP contribution in [0.5, 0.6) is 0 Å². The Hall–Kier alpha value is -1.23. The van der Waals surface area contributed by atoms with Crippen molar-refractivity contribution >= 4 is 15.9 Å². The summed E-state index contributed by atoms with van der Waals surface area (Å²) >= 11 is 3.33. The van der Waals surface area contributed by atoms with Crippen LogP contribution < -0.4 is 11.3 Å². The lowest BCUT2D eigenvalue weighted by Crippen LogP contribution is -2.29. The van der Waals surface area contributed by atoms with Crippen molar-refractivity contribution in [1.82, 2.24) is 5.43 Å². The molecule has 3 rings (SSSR count). The Kier molecular flexibility index (Phi) is 4.38. The minimum atomic E-state index is -0.232. The molecule has 1 aliphatic rings. The molecule has 110 valence electrons. The molecule has 1 aliphatic carbocycles. The van der Waals surface area contributed by atoms with E-state index < -0.39 is 0 Å². The topological polar surface area (TPSA) is 38.0 Å². The fourth-order valence-corrected chi connectivity index (χ4v) is 3.56. The summed E-state index contributed by atoms with van der Waals surface area (Å²) in [6, 6.07) is 11.5. The number of benzene rings is 2. The molecule has 2 aromatic rings. The van der Waals surface area contributed by atoms with Gasteiger partial charge in [-0.05, 0) is 66.1 Å². The first-order chi connectivity index (χ1) is 10.2. The minimum absolute atomic E-state index is 0.00963. The van der Waals surface area contributed by atoms with Gasteiger partial charge in [0.05, 0.1) is 0 Å². The molecule has 0 bridgehead atoms. The lowest BCUT2D eigenvalue weighted by Gasteiger charge is -2.18. The Morgan fingerprint density at radius 2 is 1.95 bits per heavy atom. The molecular weight excluding hydrogens is 331 g/mol. The van der Waals surface area contributed by atoms with Gasteiger partial charge >= 0.3 is 0 Å². The number of fused-ring (bicyclic) bond motifs is 1. The molecule has 4 heteroatoms. The highest BCUT2D eigenvalue weighted by Gasteiger charge is 2.16. The molecular formula is C17H18BrFN2. The minimum Gasteiger partial charge on any atom is -0.271 e. The number of nitrogens with one attached hydrogen (secondary N) is 1. The highest BCUT2D eigenvalue weighted by Crippen LogP contribution is 2.27. The van der Waals surface area contributed by atoms with Crippen molar-refractivity contribution in [2.75, 3.05) is 0 Å². The molecule has 1 unspecified atom stereocenters. The summed E-state index contributed by atoms with van der Waals surface area (Å²) in [7, 11) is 0. The predicted octanol–water partition coefficient (Wildman–Crippen LogP) is 3.82. The van der Waals surface area contributed by atoms with Gasteiger partial charge in [-0.25, -0.2) is 4.39 Å². The van der Waals surface area contributed by atoms with E-state index in [-0.39, 0.29) is 11.9 Å². The van der Waals surface area contributed by atoms with Crippen molar-refractivity contribution in [3.8, 4) is 0 Å². The molecule has 0 saturated carbocycles. The average Bonchev–Trinajstić information content (AvgIpc) is 2.91. The highest BCUT2D eigenvalue weighted by atomic mass is 79.9. The molecule has 0 spiro atoms. The lowest BCUT2D eigenvalue weighted by molar-refractivity contribution is 0.548. The number of hydrazine groups is 1. The quantitative estimate of drug-likeness (QED) is 0.651. The number of halogens is 2. The zero-order valence-electron chi connectivity index (χ0n) is 11.7. The van der Waals surface area contributed by atoms with E-state index >= 15 is 0 Å². The van der Waals surface area contributed by atoms with Crippen LogP contribution in [-0.4, -0.2) is 0 Å². The normalized spacial score (nSPS) is 15.0. The van der Waals surface area contributed by atoms with E-state index in [1.54, 1.807) is 6.07 Å². The number of rotatable bonds is 4. The third kappa shape index (κ3) is 3.34. The SMILES string of the molecule is NNC(Cc1cc(F)cc(Br)c1)c1ccc2c(c1)CCC2. The van der Waals surface area contributed by atoms with Crippen LogP contribution in [-0.2, 0) is 19.3 Å². The van der Waals surface area contributed by atoms with E-state index in [9.17, 15) is 4.39 Å². The van der Waals surface area contributed by atoms with Crippen LogP contribution in [0.25, 0.3) is 0 Å². The van der Waals surface area contributed by atoms with Gasteiger partial charge in [-0.1, -0.05) is 34.1 Å². The third-order valence-electron chi connectivity index (χ3n) is 4.09. The van der Waals surface area contributed by atoms with E-state index in [1.165, 1.54) is 35.6 Å². The number of nitrogens with two attached hydrogens (primary N) is 1. The molecule has 0 fully saturated rings. The maximum atomic E-state index is 13.5. The summed E-state index contributed by atoms with van der Waals surface area (Å²) in [5.41, 5.74) is 7.82. The van der Waals surface area contributed by atoms with Crippen LogP contribution in [0.4, 0.5) is 4.39 Å². The van der Waals surface area contributed by atoms with E-state index in [0.29, 0.717) is 6.42 Å². The van der Waals surface area contributed by atoms with Gasteiger partial charge in [0, 0.05) is 10.5 Å². The van der Waals surface area contributed by atoms with Gasteiger partial charge < -0.3 is 0 Å². The van der Waals surface area contributed by atoms with Crippen molar-refractivity contribution < 1.29 is 4.39 Å². The Balaban J connectivity index is 1.84. The van der Waals surface area contributed by atoms with Gasteiger partial charge in [-0.15, -0.1) is 0 Å². The van der Waals surface area contributed by atoms with Gasteiger partial charge in [0.25, 0.3) is 0 Å². The van der Waals surface area contributed by atoms with Gasteiger partial charge in [0.1, 0.15) is 5.82 Å². The Morgan fingerprint density at radius 3 is 2.71 bits per heavy atom. The van der Waals surface area contributed by atoms with Gasteiger partial charge in [-0.3, -0.25) is 11.3 Å². The second-order valence-electron chi connectivity index (χ2n) is 5.58. The van der Waals surface area contributed by atoms with E-state index in [2.05, 4.69) is 39.6 Å². The van der Waals surface area contributed by atoms with Crippen molar-refractivity contribution in [1.29, 1.82) is 0 Å². The predicted molar refractivity (Wildman–Crippen MR) is 86.3 cm³/mol. The van der Waals surface area contributed by atoms with E-state index in [1.807, 2.05) is 6.07 Å².